The maximum atomic E-state index is 12.9. The van der Waals surface area contributed by atoms with Crippen LogP contribution in [0.5, 0.6) is 5.75 Å². The molecule has 2 amide bonds. The molecule has 5 nitrogen and oxygen atoms in total. The Balaban J connectivity index is 1.52. The standard InChI is InChI=1S/C20H21FN2O3/c1-26-17-8-6-16(7-9-17)23-19(25)20(11-12-20)18(24)22-13-10-14-2-4-15(21)5-3-14/h2-9H,10-13H2,1H3,(H,22,24)(H,23,25). The molecule has 0 unspecified atom stereocenters. The van der Waals surface area contributed by atoms with Crippen LogP contribution >= 0.6 is 0 Å². The van der Waals surface area contributed by atoms with Crippen molar-refractivity contribution in [1.82, 2.24) is 5.32 Å². The lowest BCUT2D eigenvalue weighted by Gasteiger charge is -2.15. The number of halogens is 1. The average Bonchev–Trinajstić information content (AvgIpc) is 3.46. The molecule has 0 atom stereocenters. The zero-order valence-corrected chi connectivity index (χ0v) is 14.5. The van der Waals surface area contributed by atoms with Gasteiger partial charge in [-0.1, -0.05) is 12.1 Å². The quantitative estimate of drug-likeness (QED) is 0.750. The molecule has 2 aromatic rings. The number of rotatable bonds is 7. The summed E-state index contributed by atoms with van der Waals surface area (Å²) in [6.07, 6.45) is 1.66. The zero-order chi connectivity index (χ0) is 18.6. The maximum Gasteiger partial charge on any atom is 0.240 e. The Kier molecular flexibility index (Phi) is 5.21. The second kappa shape index (κ2) is 7.56. The van der Waals surface area contributed by atoms with Crippen molar-refractivity contribution >= 4 is 17.5 Å². The molecular weight excluding hydrogens is 335 g/mol. The molecule has 0 radical (unpaired) electrons. The summed E-state index contributed by atoms with van der Waals surface area (Å²) in [7, 11) is 1.57. The lowest BCUT2D eigenvalue weighted by atomic mass is 10.0. The molecular formula is C20H21FN2O3. The van der Waals surface area contributed by atoms with Gasteiger partial charge in [-0.25, -0.2) is 4.39 Å². The summed E-state index contributed by atoms with van der Waals surface area (Å²) in [6, 6.07) is 13.1. The first-order chi connectivity index (χ1) is 12.5. The Morgan fingerprint density at radius 2 is 1.69 bits per heavy atom. The Bertz CT molecular complexity index is 784. The fraction of sp³-hybridized carbons (Fsp3) is 0.300. The van der Waals surface area contributed by atoms with E-state index in [0.29, 0.717) is 37.2 Å². The van der Waals surface area contributed by atoms with Crippen LogP contribution < -0.4 is 15.4 Å². The monoisotopic (exact) mass is 356 g/mol. The number of benzene rings is 2. The van der Waals surface area contributed by atoms with Crippen molar-refractivity contribution in [3.05, 3.63) is 59.9 Å². The first-order valence-electron chi connectivity index (χ1n) is 8.52. The van der Waals surface area contributed by atoms with Crippen LogP contribution in [0.4, 0.5) is 10.1 Å². The minimum Gasteiger partial charge on any atom is -0.497 e. The summed E-state index contributed by atoms with van der Waals surface area (Å²) in [5.74, 6) is -0.139. The normalized spacial score (nSPS) is 14.4. The summed E-state index contributed by atoms with van der Waals surface area (Å²) < 4.78 is 18.0. The average molecular weight is 356 g/mol. The maximum absolute atomic E-state index is 12.9. The van der Waals surface area contributed by atoms with Crippen molar-refractivity contribution < 1.29 is 18.7 Å². The molecule has 0 spiro atoms. The number of methoxy groups -OCH3 is 1. The van der Waals surface area contributed by atoms with Crippen molar-refractivity contribution in [2.75, 3.05) is 19.0 Å². The topological polar surface area (TPSA) is 67.4 Å². The van der Waals surface area contributed by atoms with Crippen LogP contribution in [0.2, 0.25) is 0 Å². The van der Waals surface area contributed by atoms with Crippen LogP contribution in [0.3, 0.4) is 0 Å². The number of hydrogen-bond acceptors (Lipinski definition) is 3. The minimum absolute atomic E-state index is 0.259. The molecule has 1 aliphatic carbocycles. The van der Waals surface area contributed by atoms with E-state index < -0.39 is 5.41 Å². The molecule has 0 saturated heterocycles. The van der Waals surface area contributed by atoms with E-state index in [1.807, 2.05) is 0 Å². The van der Waals surface area contributed by atoms with E-state index in [2.05, 4.69) is 10.6 Å². The number of ether oxygens (including phenoxy) is 1. The molecule has 0 aliphatic heterocycles. The Hall–Kier alpha value is -2.89. The highest BCUT2D eigenvalue weighted by molar-refractivity contribution is 6.13. The van der Waals surface area contributed by atoms with Gasteiger partial charge in [-0.05, 0) is 61.2 Å². The largest absolute Gasteiger partial charge is 0.497 e. The second-order valence-corrected chi connectivity index (χ2v) is 6.40. The van der Waals surface area contributed by atoms with E-state index in [0.717, 1.165) is 5.56 Å². The Morgan fingerprint density at radius 1 is 1.04 bits per heavy atom. The first-order valence-corrected chi connectivity index (χ1v) is 8.52. The molecule has 1 saturated carbocycles. The highest BCUT2D eigenvalue weighted by Crippen LogP contribution is 2.46. The molecule has 1 fully saturated rings. The Labute approximate surface area is 151 Å². The van der Waals surface area contributed by atoms with Gasteiger partial charge in [0.1, 0.15) is 17.0 Å². The zero-order valence-electron chi connectivity index (χ0n) is 14.5. The fourth-order valence-electron chi connectivity index (χ4n) is 2.75. The number of hydrogen-bond donors (Lipinski definition) is 2. The first kappa shape index (κ1) is 17.9. The van der Waals surface area contributed by atoms with Gasteiger partial charge in [0.2, 0.25) is 11.8 Å². The van der Waals surface area contributed by atoms with Gasteiger partial charge in [0.05, 0.1) is 7.11 Å². The number of nitrogens with one attached hydrogen (secondary N) is 2. The third kappa shape index (κ3) is 4.02. The molecule has 0 aromatic heterocycles. The van der Waals surface area contributed by atoms with Crippen molar-refractivity contribution in [2.24, 2.45) is 5.41 Å². The van der Waals surface area contributed by atoms with E-state index in [4.69, 9.17) is 4.74 Å². The number of amides is 2. The van der Waals surface area contributed by atoms with Crippen LogP contribution in [0, 0.1) is 11.2 Å². The summed E-state index contributed by atoms with van der Waals surface area (Å²) in [6.45, 7) is 0.405. The summed E-state index contributed by atoms with van der Waals surface area (Å²) in [5.41, 5.74) is 0.573. The van der Waals surface area contributed by atoms with Crippen molar-refractivity contribution in [3.8, 4) is 5.75 Å². The smallest absolute Gasteiger partial charge is 0.240 e. The molecule has 26 heavy (non-hydrogen) atoms. The molecule has 6 heteroatoms. The highest BCUT2D eigenvalue weighted by atomic mass is 19.1. The predicted octanol–water partition coefficient (Wildman–Crippen LogP) is 2.91. The van der Waals surface area contributed by atoms with Gasteiger partial charge in [0.25, 0.3) is 0 Å². The predicted molar refractivity (Wildman–Crippen MR) is 96.4 cm³/mol. The molecule has 2 aromatic carbocycles. The minimum atomic E-state index is -0.983. The third-order valence-electron chi connectivity index (χ3n) is 4.58. The molecule has 2 N–H and O–H groups in total. The van der Waals surface area contributed by atoms with Crippen LogP contribution in [-0.4, -0.2) is 25.5 Å². The van der Waals surface area contributed by atoms with Crippen molar-refractivity contribution in [2.45, 2.75) is 19.3 Å². The summed E-state index contributed by atoms with van der Waals surface area (Å²) in [4.78, 5) is 25.0. The molecule has 0 heterocycles. The lowest BCUT2D eigenvalue weighted by molar-refractivity contribution is -0.134. The lowest BCUT2D eigenvalue weighted by Crippen LogP contribution is -2.40. The fourth-order valence-corrected chi connectivity index (χ4v) is 2.75. The van der Waals surface area contributed by atoms with Gasteiger partial charge < -0.3 is 15.4 Å². The Morgan fingerprint density at radius 3 is 2.27 bits per heavy atom. The number of carbonyl (C=O) groups is 2. The summed E-state index contributed by atoms with van der Waals surface area (Å²) in [5, 5.41) is 5.61. The van der Waals surface area contributed by atoms with Crippen molar-refractivity contribution in [1.29, 1.82) is 0 Å². The second-order valence-electron chi connectivity index (χ2n) is 6.40. The summed E-state index contributed by atoms with van der Waals surface area (Å²) >= 11 is 0. The molecule has 136 valence electrons. The number of carbonyl (C=O) groups excluding carboxylic acids is 2. The van der Waals surface area contributed by atoms with Crippen molar-refractivity contribution in [3.63, 3.8) is 0 Å². The van der Waals surface area contributed by atoms with E-state index in [-0.39, 0.29) is 17.6 Å². The molecule has 1 aliphatic rings. The van der Waals surface area contributed by atoms with Gasteiger partial charge in [0, 0.05) is 12.2 Å². The van der Waals surface area contributed by atoms with Gasteiger partial charge in [-0.3, -0.25) is 9.59 Å². The van der Waals surface area contributed by atoms with Gasteiger partial charge >= 0.3 is 0 Å². The molecule has 0 bridgehead atoms. The highest BCUT2D eigenvalue weighted by Gasteiger charge is 2.56. The van der Waals surface area contributed by atoms with E-state index in [1.165, 1.54) is 12.1 Å². The van der Waals surface area contributed by atoms with E-state index >= 15 is 0 Å². The van der Waals surface area contributed by atoms with Crippen LogP contribution in [0.15, 0.2) is 48.5 Å². The molecule has 3 rings (SSSR count). The van der Waals surface area contributed by atoms with E-state index in [1.54, 1.807) is 43.5 Å². The van der Waals surface area contributed by atoms with E-state index in [9.17, 15) is 14.0 Å². The number of anilines is 1. The SMILES string of the molecule is COc1ccc(NC(=O)C2(C(=O)NCCc3ccc(F)cc3)CC2)cc1. The van der Waals surface area contributed by atoms with Gasteiger partial charge in [-0.2, -0.15) is 0 Å². The van der Waals surface area contributed by atoms with Gasteiger partial charge in [0.15, 0.2) is 0 Å². The van der Waals surface area contributed by atoms with Gasteiger partial charge in [-0.15, -0.1) is 0 Å². The van der Waals surface area contributed by atoms with Crippen LogP contribution in [0.25, 0.3) is 0 Å². The van der Waals surface area contributed by atoms with Crippen LogP contribution in [-0.2, 0) is 16.0 Å². The third-order valence-corrected chi connectivity index (χ3v) is 4.58. The van der Waals surface area contributed by atoms with Crippen LogP contribution in [0.1, 0.15) is 18.4 Å².